The van der Waals surface area contributed by atoms with Crippen molar-refractivity contribution in [2.24, 2.45) is 0 Å². The zero-order valence-electron chi connectivity index (χ0n) is 24.6. The van der Waals surface area contributed by atoms with Crippen LogP contribution in [0.15, 0.2) is 40.9 Å². The van der Waals surface area contributed by atoms with Gasteiger partial charge < -0.3 is 29.0 Å². The van der Waals surface area contributed by atoms with Crippen LogP contribution in [-0.2, 0) is 16.1 Å². The van der Waals surface area contributed by atoms with Gasteiger partial charge in [0.2, 0.25) is 5.91 Å². The Morgan fingerprint density at radius 2 is 1.73 bits per heavy atom. The highest BCUT2D eigenvalue weighted by Gasteiger charge is 2.29. The zero-order chi connectivity index (χ0) is 29.7. The van der Waals surface area contributed by atoms with E-state index in [1.54, 1.807) is 53.6 Å². The van der Waals surface area contributed by atoms with Gasteiger partial charge in [0.15, 0.2) is 5.76 Å². The minimum absolute atomic E-state index is 0.112. The van der Waals surface area contributed by atoms with Gasteiger partial charge >= 0.3 is 6.09 Å². The van der Waals surface area contributed by atoms with Gasteiger partial charge in [-0.1, -0.05) is 26.0 Å². The minimum Gasteiger partial charge on any atom is -0.485 e. The predicted molar refractivity (Wildman–Crippen MR) is 153 cm³/mol. The van der Waals surface area contributed by atoms with Crippen LogP contribution >= 0.6 is 0 Å². The molecule has 2 aromatic heterocycles. The Labute approximate surface area is 240 Å². The van der Waals surface area contributed by atoms with Crippen LogP contribution < -0.4 is 10.1 Å². The highest BCUT2D eigenvalue weighted by atomic mass is 16.6. The molecule has 3 amide bonds. The summed E-state index contributed by atoms with van der Waals surface area (Å²) in [4.78, 5) is 41.3. The smallest absolute Gasteiger partial charge is 0.409 e. The average molecular weight is 566 g/mol. The maximum Gasteiger partial charge on any atom is 0.409 e. The van der Waals surface area contributed by atoms with Crippen LogP contribution in [0.5, 0.6) is 5.75 Å². The van der Waals surface area contributed by atoms with Crippen molar-refractivity contribution >= 4 is 23.6 Å². The van der Waals surface area contributed by atoms with Gasteiger partial charge in [0.05, 0.1) is 18.0 Å². The molecule has 41 heavy (non-hydrogen) atoms. The zero-order valence-corrected chi connectivity index (χ0v) is 24.6. The van der Waals surface area contributed by atoms with Crippen LogP contribution in [0.2, 0.25) is 0 Å². The number of hydrogen-bond acceptors (Lipinski definition) is 7. The summed E-state index contributed by atoms with van der Waals surface area (Å²) < 4.78 is 18.4. The van der Waals surface area contributed by atoms with Gasteiger partial charge in [0.1, 0.15) is 24.2 Å². The number of amides is 3. The summed E-state index contributed by atoms with van der Waals surface area (Å²) in [6.45, 7) is 13.7. The fourth-order valence-electron chi connectivity index (χ4n) is 4.66. The monoisotopic (exact) mass is 565 g/mol. The lowest BCUT2D eigenvalue weighted by molar-refractivity contribution is -0.136. The minimum atomic E-state index is -0.585. The second-order valence-electron chi connectivity index (χ2n) is 10.5. The summed E-state index contributed by atoms with van der Waals surface area (Å²) in [5.41, 5.74) is 3.27. The Morgan fingerprint density at radius 1 is 1.02 bits per heavy atom. The van der Waals surface area contributed by atoms with E-state index in [0.29, 0.717) is 55.8 Å². The van der Waals surface area contributed by atoms with E-state index in [0.717, 1.165) is 16.9 Å². The lowest BCUT2D eigenvalue weighted by Gasteiger charge is -2.35. The van der Waals surface area contributed by atoms with Crippen LogP contribution in [0.4, 0.5) is 10.5 Å². The Hall–Kier alpha value is -4.28. The molecule has 0 aliphatic carbocycles. The lowest BCUT2D eigenvalue weighted by atomic mass is 10.0. The van der Waals surface area contributed by atoms with Crippen molar-refractivity contribution in [1.82, 2.24) is 19.6 Å². The average Bonchev–Trinajstić information content (AvgIpc) is 3.58. The quantitative estimate of drug-likeness (QED) is 0.392. The number of anilines is 1. The number of rotatable bonds is 9. The number of aryl methyl sites for hydroxylation is 2. The first-order valence-electron chi connectivity index (χ1n) is 14.0. The van der Waals surface area contributed by atoms with Crippen LogP contribution in [-0.4, -0.2) is 70.3 Å². The van der Waals surface area contributed by atoms with Gasteiger partial charge in [-0.3, -0.25) is 14.3 Å². The summed E-state index contributed by atoms with van der Waals surface area (Å²) in [5, 5.41) is 7.29. The van der Waals surface area contributed by atoms with Crippen LogP contribution in [0.3, 0.4) is 0 Å². The third-order valence-corrected chi connectivity index (χ3v) is 7.08. The molecule has 1 atom stereocenters. The van der Waals surface area contributed by atoms with Crippen molar-refractivity contribution in [3.63, 3.8) is 0 Å². The molecule has 0 spiro atoms. The number of carbonyl (C=O) groups excluding carboxylic acids is 3. The molecule has 1 aliphatic rings. The number of carbonyl (C=O) groups is 3. The van der Waals surface area contributed by atoms with E-state index >= 15 is 0 Å². The van der Waals surface area contributed by atoms with E-state index in [2.05, 4.69) is 36.4 Å². The van der Waals surface area contributed by atoms with Crippen molar-refractivity contribution < 1.29 is 28.3 Å². The van der Waals surface area contributed by atoms with Gasteiger partial charge in [0, 0.05) is 32.4 Å². The number of aromatic nitrogens is 2. The van der Waals surface area contributed by atoms with Gasteiger partial charge in [0.25, 0.3) is 5.91 Å². The lowest BCUT2D eigenvalue weighted by Crippen LogP contribution is -2.52. The second-order valence-corrected chi connectivity index (χ2v) is 10.5. The van der Waals surface area contributed by atoms with Gasteiger partial charge in [-0.05, 0) is 62.9 Å². The summed E-state index contributed by atoms with van der Waals surface area (Å²) in [7, 11) is 0. The molecule has 1 saturated heterocycles. The molecule has 3 heterocycles. The van der Waals surface area contributed by atoms with Gasteiger partial charge in [-0.25, -0.2) is 4.79 Å². The molecule has 1 aromatic carbocycles. The summed E-state index contributed by atoms with van der Waals surface area (Å²) in [5.74, 6) is 1.25. The standard InChI is InChI=1S/C30H39N5O6/c1-7-39-30(38)34-14-12-33(13-15-34)29(37)22(6)35-17-25(21(5)32-35)31-28(36)26-11-9-23(41-26)18-40-27-16-20(4)8-10-24(27)19(2)3/h8-11,16-17,19,22H,7,12-15,18H2,1-6H3,(H,31,36). The molecule has 11 nitrogen and oxygen atoms in total. The molecular weight excluding hydrogens is 526 g/mol. The van der Waals surface area contributed by atoms with Gasteiger partial charge in [-0.2, -0.15) is 5.10 Å². The molecule has 1 N–H and O–H groups in total. The first-order chi connectivity index (χ1) is 19.6. The Morgan fingerprint density at radius 3 is 2.41 bits per heavy atom. The van der Waals surface area contributed by atoms with E-state index < -0.39 is 11.9 Å². The molecule has 3 aromatic rings. The summed E-state index contributed by atoms with van der Waals surface area (Å²) >= 11 is 0. The number of nitrogens with one attached hydrogen (secondary N) is 1. The van der Waals surface area contributed by atoms with Crippen molar-refractivity contribution in [3.05, 3.63) is 64.9 Å². The second kappa shape index (κ2) is 12.9. The molecular formula is C30H39N5O6. The topological polar surface area (TPSA) is 119 Å². The largest absolute Gasteiger partial charge is 0.485 e. The molecule has 11 heteroatoms. The highest BCUT2D eigenvalue weighted by Crippen LogP contribution is 2.28. The van der Waals surface area contributed by atoms with Crippen molar-refractivity contribution in [1.29, 1.82) is 0 Å². The SMILES string of the molecule is CCOC(=O)N1CCN(C(=O)C(C)n2cc(NC(=O)c3ccc(COc4cc(C)ccc4C(C)C)o3)c(C)n2)CC1. The number of benzene rings is 1. The summed E-state index contributed by atoms with van der Waals surface area (Å²) in [6, 6.07) is 8.88. The maximum atomic E-state index is 13.1. The number of furan rings is 1. The first-order valence-corrected chi connectivity index (χ1v) is 14.0. The molecule has 0 saturated carbocycles. The molecule has 0 radical (unpaired) electrons. The Balaban J connectivity index is 1.34. The fraction of sp³-hybridized carbons (Fsp3) is 0.467. The predicted octanol–water partition coefficient (Wildman–Crippen LogP) is 4.91. The number of nitrogens with zero attached hydrogens (tertiary/aromatic N) is 4. The van der Waals surface area contributed by atoms with Crippen LogP contribution in [0, 0.1) is 13.8 Å². The van der Waals surface area contributed by atoms with Gasteiger partial charge in [-0.15, -0.1) is 0 Å². The maximum absolute atomic E-state index is 13.1. The van der Waals surface area contributed by atoms with E-state index in [-0.39, 0.29) is 24.4 Å². The van der Waals surface area contributed by atoms with Crippen molar-refractivity contribution in [3.8, 4) is 5.75 Å². The molecule has 1 fully saturated rings. The highest BCUT2D eigenvalue weighted by molar-refractivity contribution is 6.02. The Bertz CT molecular complexity index is 1390. The van der Waals surface area contributed by atoms with Crippen molar-refractivity contribution in [2.75, 3.05) is 38.1 Å². The van der Waals surface area contributed by atoms with Crippen molar-refractivity contribution in [2.45, 2.75) is 60.1 Å². The first kappa shape index (κ1) is 29.7. The number of hydrogen-bond donors (Lipinski definition) is 1. The van der Waals surface area contributed by atoms with E-state index in [1.165, 1.54) is 0 Å². The van der Waals surface area contributed by atoms with E-state index in [9.17, 15) is 14.4 Å². The normalized spacial score (nSPS) is 14.2. The molecule has 220 valence electrons. The number of piperazine rings is 1. The third kappa shape index (κ3) is 7.08. The van der Waals surface area contributed by atoms with E-state index in [4.69, 9.17) is 13.9 Å². The summed E-state index contributed by atoms with van der Waals surface area (Å²) in [6.07, 6.45) is 1.28. The molecule has 1 unspecified atom stereocenters. The van der Waals surface area contributed by atoms with Crippen LogP contribution in [0.25, 0.3) is 0 Å². The third-order valence-electron chi connectivity index (χ3n) is 7.08. The van der Waals surface area contributed by atoms with Crippen LogP contribution in [0.1, 0.15) is 72.8 Å². The molecule has 0 bridgehead atoms. The van der Waals surface area contributed by atoms with E-state index in [1.807, 2.05) is 13.0 Å². The number of ether oxygens (including phenoxy) is 2. The Kier molecular flexibility index (Phi) is 9.36. The molecule has 4 rings (SSSR count). The fourth-order valence-corrected chi connectivity index (χ4v) is 4.66. The molecule has 1 aliphatic heterocycles.